The lowest BCUT2D eigenvalue weighted by Gasteiger charge is -2.09. The van der Waals surface area contributed by atoms with E-state index in [-0.39, 0.29) is 39.6 Å². The van der Waals surface area contributed by atoms with E-state index in [4.69, 9.17) is 44.3 Å². The highest BCUT2D eigenvalue weighted by Crippen LogP contribution is 2.38. The van der Waals surface area contributed by atoms with Gasteiger partial charge in [-0.1, -0.05) is 80.3 Å². The third-order valence-corrected chi connectivity index (χ3v) is 5.08. The van der Waals surface area contributed by atoms with Gasteiger partial charge in [-0.05, 0) is 25.0 Å². The number of rotatable bonds is 13. The lowest BCUT2D eigenvalue weighted by atomic mass is 10.1. The van der Waals surface area contributed by atoms with Crippen molar-refractivity contribution in [3.05, 3.63) is 27.2 Å². The second-order valence-electron chi connectivity index (χ2n) is 6.34. The standard InChI is InChI=1S/C20H27Cl3O4/c1-2-3-4-5-6-7-8-14-26-17(24)10-9-11-18(25)27-20-16(22)13-12-15(21)19(20)23/h12-13H,2-11,14H2,1H3. The molecule has 27 heavy (non-hydrogen) atoms. The number of benzene rings is 1. The summed E-state index contributed by atoms with van der Waals surface area (Å²) in [6, 6.07) is 3.02. The van der Waals surface area contributed by atoms with E-state index >= 15 is 0 Å². The van der Waals surface area contributed by atoms with Crippen LogP contribution in [-0.4, -0.2) is 18.5 Å². The van der Waals surface area contributed by atoms with E-state index in [1.54, 1.807) is 0 Å². The van der Waals surface area contributed by atoms with Gasteiger partial charge in [0.05, 0.1) is 16.7 Å². The molecule has 0 aromatic heterocycles. The highest BCUT2D eigenvalue weighted by atomic mass is 35.5. The van der Waals surface area contributed by atoms with Crippen LogP contribution in [0.25, 0.3) is 0 Å². The molecule has 0 saturated carbocycles. The van der Waals surface area contributed by atoms with Crippen LogP contribution in [0.3, 0.4) is 0 Å². The van der Waals surface area contributed by atoms with Crippen LogP contribution >= 0.6 is 34.8 Å². The molecule has 152 valence electrons. The molecule has 0 atom stereocenters. The van der Waals surface area contributed by atoms with E-state index in [1.165, 1.54) is 44.2 Å². The first-order chi connectivity index (χ1) is 13.0. The fourth-order valence-corrected chi connectivity index (χ4v) is 3.06. The van der Waals surface area contributed by atoms with Gasteiger partial charge in [0.2, 0.25) is 0 Å². The summed E-state index contributed by atoms with van der Waals surface area (Å²) in [7, 11) is 0. The van der Waals surface area contributed by atoms with Crippen LogP contribution in [0.5, 0.6) is 5.75 Å². The van der Waals surface area contributed by atoms with Crippen molar-refractivity contribution in [1.29, 1.82) is 0 Å². The molecule has 0 amide bonds. The number of hydrogen-bond donors (Lipinski definition) is 0. The van der Waals surface area contributed by atoms with E-state index in [2.05, 4.69) is 6.92 Å². The summed E-state index contributed by atoms with van der Waals surface area (Å²) in [4.78, 5) is 23.6. The number of esters is 2. The molecule has 0 aliphatic carbocycles. The first-order valence-electron chi connectivity index (χ1n) is 9.45. The molecular formula is C20H27Cl3O4. The van der Waals surface area contributed by atoms with Gasteiger partial charge in [0.25, 0.3) is 0 Å². The van der Waals surface area contributed by atoms with Crippen molar-refractivity contribution in [2.45, 2.75) is 71.1 Å². The van der Waals surface area contributed by atoms with Gasteiger partial charge in [-0.3, -0.25) is 9.59 Å². The summed E-state index contributed by atoms with van der Waals surface area (Å²) < 4.78 is 10.3. The number of halogens is 3. The van der Waals surface area contributed by atoms with Crippen LogP contribution in [0.1, 0.15) is 71.1 Å². The molecule has 0 aliphatic rings. The summed E-state index contributed by atoms with van der Waals surface area (Å²) >= 11 is 17.8. The number of carbonyl (C=O) groups excluding carboxylic acids is 2. The Bertz CT molecular complexity index is 605. The maximum absolute atomic E-state index is 11.9. The molecule has 0 fully saturated rings. The fraction of sp³-hybridized carbons (Fsp3) is 0.600. The second-order valence-corrected chi connectivity index (χ2v) is 7.53. The monoisotopic (exact) mass is 436 g/mol. The molecule has 1 aromatic carbocycles. The summed E-state index contributed by atoms with van der Waals surface area (Å²) in [6.07, 6.45) is 8.74. The number of carbonyl (C=O) groups is 2. The van der Waals surface area contributed by atoms with Crippen LogP contribution in [0, 0.1) is 0 Å². The van der Waals surface area contributed by atoms with E-state index in [9.17, 15) is 9.59 Å². The molecule has 0 unspecified atom stereocenters. The molecule has 0 N–H and O–H groups in total. The molecule has 0 radical (unpaired) electrons. The lowest BCUT2D eigenvalue weighted by molar-refractivity contribution is -0.144. The Labute approximate surface area is 176 Å². The van der Waals surface area contributed by atoms with Crippen molar-refractivity contribution in [3.63, 3.8) is 0 Å². The van der Waals surface area contributed by atoms with Gasteiger partial charge in [-0.2, -0.15) is 0 Å². The molecule has 0 spiro atoms. The SMILES string of the molecule is CCCCCCCCCOC(=O)CCCC(=O)Oc1c(Cl)ccc(Cl)c1Cl. The van der Waals surface area contributed by atoms with Gasteiger partial charge in [0.1, 0.15) is 5.02 Å². The van der Waals surface area contributed by atoms with Gasteiger partial charge in [-0.25, -0.2) is 0 Å². The Morgan fingerprint density at radius 3 is 2.11 bits per heavy atom. The summed E-state index contributed by atoms with van der Waals surface area (Å²) in [5.41, 5.74) is 0. The first kappa shape index (κ1) is 24.1. The van der Waals surface area contributed by atoms with Crippen LogP contribution in [-0.2, 0) is 14.3 Å². The summed E-state index contributed by atoms with van der Waals surface area (Å²) in [5.74, 6) is -0.786. The maximum atomic E-state index is 11.9. The average molecular weight is 438 g/mol. The normalized spacial score (nSPS) is 10.7. The third-order valence-electron chi connectivity index (χ3n) is 3.99. The predicted molar refractivity (Wildman–Crippen MR) is 110 cm³/mol. The molecule has 1 rings (SSSR count). The largest absolute Gasteiger partial charge is 0.466 e. The number of unbranched alkanes of at least 4 members (excludes halogenated alkanes) is 6. The van der Waals surface area contributed by atoms with Gasteiger partial charge in [0, 0.05) is 12.8 Å². The molecule has 7 heteroatoms. The highest BCUT2D eigenvalue weighted by molar-refractivity contribution is 6.44. The van der Waals surface area contributed by atoms with Crippen molar-refractivity contribution >= 4 is 46.7 Å². The van der Waals surface area contributed by atoms with Gasteiger partial charge >= 0.3 is 11.9 Å². The minimum atomic E-state index is -0.527. The van der Waals surface area contributed by atoms with Gasteiger partial charge < -0.3 is 9.47 Å². The molecule has 0 heterocycles. The first-order valence-corrected chi connectivity index (χ1v) is 10.6. The summed E-state index contributed by atoms with van der Waals surface area (Å²) in [6.45, 7) is 2.63. The van der Waals surface area contributed by atoms with Crippen molar-refractivity contribution in [2.24, 2.45) is 0 Å². The summed E-state index contributed by atoms with van der Waals surface area (Å²) in [5, 5.41) is 0.538. The molecular weight excluding hydrogens is 411 g/mol. The third kappa shape index (κ3) is 10.2. The van der Waals surface area contributed by atoms with Crippen molar-refractivity contribution in [3.8, 4) is 5.75 Å². The van der Waals surface area contributed by atoms with Crippen LogP contribution in [0.15, 0.2) is 12.1 Å². The maximum Gasteiger partial charge on any atom is 0.311 e. The average Bonchev–Trinajstić information content (AvgIpc) is 2.64. The zero-order valence-electron chi connectivity index (χ0n) is 15.7. The zero-order chi connectivity index (χ0) is 20.1. The van der Waals surface area contributed by atoms with Crippen molar-refractivity contribution in [1.82, 2.24) is 0 Å². The van der Waals surface area contributed by atoms with E-state index < -0.39 is 5.97 Å². The van der Waals surface area contributed by atoms with Crippen LogP contribution in [0.2, 0.25) is 15.1 Å². The van der Waals surface area contributed by atoms with Crippen molar-refractivity contribution < 1.29 is 19.1 Å². The minimum Gasteiger partial charge on any atom is -0.466 e. The highest BCUT2D eigenvalue weighted by Gasteiger charge is 2.15. The van der Waals surface area contributed by atoms with Gasteiger partial charge in [-0.15, -0.1) is 0 Å². The van der Waals surface area contributed by atoms with E-state index in [0.717, 1.165) is 12.8 Å². The number of ether oxygens (including phenoxy) is 2. The Kier molecular flexibility index (Phi) is 12.6. The fourth-order valence-electron chi connectivity index (χ4n) is 2.46. The molecule has 0 bridgehead atoms. The smallest absolute Gasteiger partial charge is 0.311 e. The van der Waals surface area contributed by atoms with E-state index in [1.807, 2.05) is 0 Å². The topological polar surface area (TPSA) is 52.6 Å². The van der Waals surface area contributed by atoms with Gasteiger partial charge in [0.15, 0.2) is 5.75 Å². The number of hydrogen-bond acceptors (Lipinski definition) is 4. The lowest BCUT2D eigenvalue weighted by Crippen LogP contribution is -2.11. The Morgan fingerprint density at radius 2 is 1.41 bits per heavy atom. The molecule has 0 saturated heterocycles. The molecule has 0 aliphatic heterocycles. The second kappa shape index (κ2) is 14.1. The minimum absolute atomic E-state index is 0.0392. The Morgan fingerprint density at radius 1 is 0.815 bits per heavy atom. The molecule has 1 aromatic rings. The van der Waals surface area contributed by atoms with E-state index in [0.29, 0.717) is 13.0 Å². The van der Waals surface area contributed by atoms with Crippen LogP contribution < -0.4 is 4.74 Å². The zero-order valence-corrected chi connectivity index (χ0v) is 18.0. The quantitative estimate of drug-likeness (QED) is 0.144. The Balaban J connectivity index is 2.14. The van der Waals surface area contributed by atoms with Crippen LogP contribution in [0.4, 0.5) is 0 Å². The molecule has 4 nitrogen and oxygen atoms in total. The van der Waals surface area contributed by atoms with Crippen molar-refractivity contribution in [2.75, 3.05) is 6.61 Å². The Hall–Kier alpha value is -0.970. The predicted octanol–water partition coefficient (Wildman–Crippen LogP) is 7.02.